The molecule has 0 aliphatic rings. The van der Waals surface area contributed by atoms with E-state index >= 15 is 0 Å². The highest BCUT2D eigenvalue weighted by Gasteiger charge is 2.16. The molecular formula is C6H9N3. The van der Waals surface area contributed by atoms with Gasteiger partial charge < -0.3 is 5.73 Å². The van der Waals surface area contributed by atoms with Crippen LogP contribution in [0, 0.1) is 22.7 Å². The van der Waals surface area contributed by atoms with E-state index < -0.39 is 5.54 Å². The molecule has 0 aromatic carbocycles. The van der Waals surface area contributed by atoms with Gasteiger partial charge in [-0.3, -0.25) is 0 Å². The predicted octanol–water partition coefficient (Wildman–Crippen LogP) is 0.531. The average molecular weight is 123 g/mol. The molecule has 0 bridgehead atoms. The largest absolute Gasteiger partial charge is 0.324 e. The summed E-state index contributed by atoms with van der Waals surface area (Å²) >= 11 is 0. The van der Waals surface area contributed by atoms with E-state index in [0.29, 0.717) is 0 Å². The summed E-state index contributed by atoms with van der Waals surface area (Å²) in [5.41, 5.74) is 4.87. The summed E-state index contributed by atoms with van der Waals surface area (Å²) in [6, 6.07) is 3.83. The summed E-state index contributed by atoms with van der Waals surface area (Å²) in [7, 11) is 0. The second kappa shape index (κ2) is 3.06. The zero-order valence-electron chi connectivity index (χ0n) is 5.39. The molecule has 3 nitrogen and oxygen atoms in total. The Labute approximate surface area is 54.7 Å². The van der Waals surface area contributed by atoms with Crippen LogP contribution in [0.4, 0.5) is 0 Å². The van der Waals surface area contributed by atoms with Crippen LogP contribution in [0.25, 0.3) is 0 Å². The van der Waals surface area contributed by atoms with Crippen molar-refractivity contribution in [3.05, 3.63) is 0 Å². The molecule has 0 spiro atoms. The van der Waals surface area contributed by atoms with Gasteiger partial charge in [-0.25, -0.2) is 0 Å². The molecule has 0 saturated heterocycles. The van der Waals surface area contributed by atoms with Crippen molar-refractivity contribution in [2.24, 2.45) is 5.73 Å². The summed E-state index contributed by atoms with van der Waals surface area (Å²) in [5, 5.41) is 16.4. The van der Waals surface area contributed by atoms with Crippen LogP contribution in [0.3, 0.4) is 0 Å². The van der Waals surface area contributed by atoms with Crippen molar-refractivity contribution in [2.45, 2.75) is 25.3 Å². The number of nitrogens with zero attached hydrogens (tertiary/aromatic N) is 2. The summed E-state index contributed by atoms with van der Waals surface area (Å²) in [6.07, 6.45) is 0.473. The minimum Gasteiger partial charge on any atom is -0.324 e. The highest BCUT2D eigenvalue weighted by atomic mass is 14.7. The molecule has 0 aromatic heterocycles. The lowest BCUT2D eigenvalue weighted by atomic mass is 9.97. The molecule has 0 saturated carbocycles. The smallest absolute Gasteiger partial charge is 0.0641 e. The van der Waals surface area contributed by atoms with Crippen molar-refractivity contribution >= 4 is 0 Å². The number of hydrogen-bond donors (Lipinski definition) is 1. The third kappa shape index (κ3) is 3.52. The van der Waals surface area contributed by atoms with Gasteiger partial charge in [0.25, 0.3) is 0 Å². The summed E-state index contributed by atoms with van der Waals surface area (Å²) < 4.78 is 0. The molecule has 0 amide bonds. The quantitative estimate of drug-likeness (QED) is 0.582. The molecule has 3 heteroatoms. The van der Waals surface area contributed by atoms with Crippen LogP contribution >= 0.6 is 0 Å². The predicted molar refractivity (Wildman–Crippen MR) is 33.1 cm³/mol. The van der Waals surface area contributed by atoms with E-state index in [-0.39, 0.29) is 12.8 Å². The fourth-order valence-corrected chi connectivity index (χ4v) is 0.424. The first kappa shape index (κ1) is 7.94. The van der Waals surface area contributed by atoms with Gasteiger partial charge in [0, 0.05) is 5.54 Å². The molecule has 0 atom stereocenters. The maximum atomic E-state index is 8.19. The lowest BCUT2D eigenvalue weighted by Crippen LogP contribution is -2.34. The minimum atomic E-state index is -0.622. The van der Waals surface area contributed by atoms with Gasteiger partial charge in [-0.15, -0.1) is 0 Å². The number of nitrogens with two attached hydrogens (primary N) is 1. The van der Waals surface area contributed by atoms with Gasteiger partial charge in [0.15, 0.2) is 0 Å². The van der Waals surface area contributed by atoms with E-state index in [9.17, 15) is 0 Å². The van der Waals surface area contributed by atoms with Gasteiger partial charge in [0.05, 0.1) is 25.0 Å². The molecule has 9 heavy (non-hydrogen) atoms. The molecule has 0 rings (SSSR count). The van der Waals surface area contributed by atoms with Crippen molar-refractivity contribution < 1.29 is 0 Å². The van der Waals surface area contributed by atoms with Gasteiger partial charge in [0.1, 0.15) is 0 Å². The third-order valence-corrected chi connectivity index (χ3v) is 0.966. The van der Waals surface area contributed by atoms with Crippen molar-refractivity contribution in [3.8, 4) is 12.1 Å². The van der Waals surface area contributed by atoms with E-state index in [4.69, 9.17) is 16.3 Å². The van der Waals surface area contributed by atoms with Gasteiger partial charge in [-0.1, -0.05) is 0 Å². The van der Waals surface area contributed by atoms with Crippen LogP contribution in [0.15, 0.2) is 0 Å². The lowest BCUT2D eigenvalue weighted by molar-refractivity contribution is 0.491. The SMILES string of the molecule is CC(N)(CC#N)CC#N. The van der Waals surface area contributed by atoms with E-state index in [1.54, 1.807) is 6.92 Å². The zero-order chi connectivity index (χ0) is 7.33. The molecule has 0 aliphatic carbocycles. The third-order valence-electron chi connectivity index (χ3n) is 0.966. The molecule has 2 N–H and O–H groups in total. The Bertz CT molecular complexity index is 140. The maximum Gasteiger partial charge on any atom is 0.0641 e. The highest BCUT2D eigenvalue weighted by molar-refractivity contribution is 4.95. The number of rotatable bonds is 2. The van der Waals surface area contributed by atoms with Crippen molar-refractivity contribution in [1.82, 2.24) is 0 Å². The van der Waals surface area contributed by atoms with Crippen molar-refractivity contribution in [3.63, 3.8) is 0 Å². The molecule has 0 heterocycles. The van der Waals surface area contributed by atoms with E-state index in [0.717, 1.165) is 0 Å². The standard InChI is InChI=1S/C6H9N3/c1-6(9,2-4-7)3-5-8/h2-3,9H2,1H3. The molecule has 48 valence electrons. The lowest BCUT2D eigenvalue weighted by Gasteiger charge is -2.15. The van der Waals surface area contributed by atoms with Gasteiger partial charge in [-0.05, 0) is 6.92 Å². The summed E-state index contributed by atoms with van der Waals surface area (Å²) in [6.45, 7) is 1.69. The normalized spacial score (nSPS) is 9.78. The number of hydrogen-bond acceptors (Lipinski definition) is 3. The van der Waals surface area contributed by atoms with Gasteiger partial charge >= 0.3 is 0 Å². The maximum absolute atomic E-state index is 8.19. The minimum absolute atomic E-state index is 0.237. The average Bonchev–Trinajstić information content (AvgIpc) is 1.64. The first-order chi connectivity index (χ1) is 4.12. The molecule has 0 fully saturated rings. The molecule has 0 unspecified atom stereocenters. The first-order valence-electron chi connectivity index (χ1n) is 2.65. The fraction of sp³-hybridized carbons (Fsp3) is 0.667. The molecule has 0 aromatic rings. The van der Waals surface area contributed by atoms with Crippen LogP contribution in [0.1, 0.15) is 19.8 Å². The Morgan fingerprint density at radius 3 is 1.89 bits per heavy atom. The van der Waals surface area contributed by atoms with Crippen LogP contribution in [0.5, 0.6) is 0 Å². The van der Waals surface area contributed by atoms with Crippen LogP contribution in [-0.2, 0) is 0 Å². The second-order valence-electron chi connectivity index (χ2n) is 2.32. The Morgan fingerprint density at radius 1 is 1.33 bits per heavy atom. The van der Waals surface area contributed by atoms with Gasteiger partial charge in [-0.2, -0.15) is 10.5 Å². The van der Waals surface area contributed by atoms with Crippen molar-refractivity contribution in [1.29, 1.82) is 10.5 Å². The van der Waals surface area contributed by atoms with Crippen molar-refractivity contribution in [2.75, 3.05) is 0 Å². The molecular weight excluding hydrogens is 114 g/mol. The second-order valence-corrected chi connectivity index (χ2v) is 2.32. The Balaban J connectivity index is 3.77. The molecule has 0 radical (unpaired) electrons. The Morgan fingerprint density at radius 2 is 1.67 bits per heavy atom. The Kier molecular flexibility index (Phi) is 2.70. The fourth-order valence-electron chi connectivity index (χ4n) is 0.424. The monoisotopic (exact) mass is 123 g/mol. The first-order valence-corrected chi connectivity index (χ1v) is 2.65. The highest BCUT2D eigenvalue weighted by Crippen LogP contribution is 2.07. The summed E-state index contributed by atoms with van der Waals surface area (Å²) in [5.74, 6) is 0. The zero-order valence-corrected chi connectivity index (χ0v) is 5.39. The molecule has 0 aliphatic heterocycles. The summed E-state index contributed by atoms with van der Waals surface area (Å²) in [4.78, 5) is 0. The Hall–Kier alpha value is -1.06. The van der Waals surface area contributed by atoms with E-state index in [1.807, 2.05) is 12.1 Å². The van der Waals surface area contributed by atoms with Crippen LogP contribution < -0.4 is 5.73 Å². The van der Waals surface area contributed by atoms with Crippen LogP contribution in [-0.4, -0.2) is 5.54 Å². The van der Waals surface area contributed by atoms with E-state index in [1.165, 1.54) is 0 Å². The number of nitriles is 2. The van der Waals surface area contributed by atoms with Crippen LogP contribution in [0.2, 0.25) is 0 Å². The topological polar surface area (TPSA) is 73.6 Å². The van der Waals surface area contributed by atoms with Gasteiger partial charge in [0.2, 0.25) is 0 Å². The van der Waals surface area contributed by atoms with E-state index in [2.05, 4.69) is 0 Å².